The van der Waals surface area contributed by atoms with Gasteiger partial charge >= 0.3 is 0 Å². The molecule has 0 aromatic heterocycles. The molecule has 38 valence electrons. The van der Waals surface area contributed by atoms with Gasteiger partial charge in [0.25, 0.3) is 0 Å². The summed E-state index contributed by atoms with van der Waals surface area (Å²) in [5.41, 5.74) is 0. The van der Waals surface area contributed by atoms with Crippen molar-refractivity contribution in [3.05, 3.63) is 24.8 Å². The van der Waals surface area contributed by atoms with Gasteiger partial charge in [0.2, 0.25) is 0 Å². The van der Waals surface area contributed by atoms with Gasteiger partial charge in [-0.1, -0.05) is 12.7 Å². The summed E-state index contributed by atoms with van der Waals surface area (Å²) in [5, 5.41) is 0. The number of allylic oxidation sites excluding steroid dienone is 3. The molecule has 0 N–H and O–H groups in total. The molecule has 0 aliphatic rings. The van der Waals surface area contributed by atoms with E-state index in [0.29, 0.717) is 0 Å². The Morgan fingerprint density at radius 2 is 2.29 bits per heavy atom. The van der Waals surface area contributed by atoms with E-state index in [-0.39, 0.29) is 5.78 Å². The maximum absolute atomic E-state index is 10.2. The monoisotopic (exact) mass is 96.1 g/mol. The Kier molecular flexibility index (Phi) is 2.94. The van der Waals surface area contributed by atoms with E-state index in [9.17, 15) is 4.79 Å². The molecule has 0 aliphatic heterocycles. The van der Waals surface area contributed by atoms with Crippen molar-refractivity contribution >= 4 is 5.78 Å². The van der Waals surface area contributed by atoms with Gasteiger partial charge in [-0.15, -0.1) is 0 Å². The summed E-state index contributed by atoms with van der Waals surface area (Å²) in [6.45, 7) is 5.07. The Labute approximate surface area is 43.3 Å². The van der Waals surface area contributed by atoms with Gasteiger partial charge in [-0.05, 0) is 19.1 Å². The Balaban J connectivity index is 3.58. The first-order chi connectivity index (χ1) is 3.31. The number of carbonyl (C=O) groups is 1. The molecular formula is C6H8O. The van der Waals surface area contributed by atoms with Crippen LogP contribution in [0.25, 0.3) is 0 Å². The van der Waals surface area contributed by atoms with Crippen LogP contribution in [0.3, 0.4) is 0 Å². The van der Waals surface area contributed by atoms with E-state index in [2.05, 4.69) is 6.58 Å². The van der Waals surface area contributed by atoms with Crippen molar-refractivity contribution in [3.63, 3.8) is 0 Å². The van der Waals surface area contributed by atoms with Crippen LogP contribution in [0.4, 0.5) is 0 Å². The second-order valence-electron chi connectivity index (χ2n) is 1.11. The first-order valence-electron chi connectivity index (χ1n) is 2.10. The van der Waals surface area contributed by atoms with Crippen LogP contribution in [-0.4, -0.2) is 5.78 Å². The summed E-state index contributed by atoms with van der Waals surface area (Å²) < 4.78 is 0. The Morgan fingerprint density at radius 1 is 1.71 bits per heavy atom. The third-order valence-corrected chi connectivity index (χ3v) is 0.532. The zero-order valence-electron chi connectivity index (χ0n) is 4.35. The number of hydrogen-bond donors (Lipinski definition) is 0. The van der Waals surface area contributed by atoms with Crippen LogP contribution < -0.4 is 0 Å². The summed E-state index contributed by atoms with van der Waals surface area (Å²) in [6.07, 6.45) is 4.43. The van der Waals surface area contributed by atoms with Crippen LogP contribution in [0.15, 0.2) is 24.8 Å². The molecule has 0 radical (unpaired) electrons. The highest BCUT2D eigenvalue weighted by molar-refractivity contribution is 5.98. The molecule has 0 unspecified atom stereocenters. The molecule has 0 saturated heterocycles. The van der Waals surface area contributed by atoms with Crippen LogP contribution in [0.1, 0.15) is 6.92 Å². The van der Waals surface area contributed by atoms with Crippen molar-refractivity contribution in [2.75, 3.05) is 0 Å². The van der Waals surface area contributed by atoms with Crippen LogP contribution in [0.2, 0.25) is 0 Å². The predicted molar refractivity (Wildman–Crippen MR) is 30.0 cm³/mol. The first kappa shape index (κ1) is 6.15. The van der Waals surface area contributed by atoms with Crippen molar-refractivity contribution in [1.29, 1.82) is 0 Å². The SMILES string of the molecule is C=CC(=O)/C=C\C. The van der Waals surface area contributed by atoms with Gasteiger partial charge in [0.05, 0.1) is 0 Å². The second-order valence-corrected chi connectivity index (χ2v) is 1.11. The van der Waals surface area contributed by atoms with Gasteiger partial charge in [0, 0.05) is 0 Å². The van der Waals surface area contributed by atoms with Gasteiger partial charge in [-0.2, -0.15) is 0 Å². The summed E-state index contributed by atoms with van der Waals surface area (Å²) >= 11 is 0. The lowest BCUT2D eigenvalue weighted by Gasteiger charge is -1.72. The van der Waals surface area contributed by atoms with Gasteiger partial charge in [0.15, 0.2) is 5.78 Å². The molecule has 0 aliphatic carbocycles. The van der Waals surface area contributed by atoms with E-state index in [1.54, 1.807) is 13.0 Å². The average molecular weight is 96.1 g/mol. The minimum absolute atomic E-state index is 0.0394. The molecule has 0 spiro atoms. The smallest absolute Gasteiger partial charge is 0.177 e. The Morgan fingerprint density at radius 3 is 2.43 bits per heavy atom. The summed E-state index contributed by atoms with van der Waals surface area (Å²) in [5.74, 6) is -0.0394. The van der Waals surface area contributed by atoms with Crippen molar-refractivity contribution in [2.24, 2.45) is 0 Å². The number of rotatable bonds is 2. The molecule has 0 amide bonds. The number of hydrogen-bond acceptors (Lipinski definition) is 1. The Bertz CT molecular complexity index is 101. The highest BCUT2D eigenvalue weighted by Gasteiger charge is 1.78. The average Bonchev–Trinajstić information content (AvgIpc) is 1.68. The minimum atomic E-state index is -0.0394. The normalized spacial score (nSPS) is 9.29. The van der Waals surface area contributed by atoms with Crippen molar-refractivity contribution in [3.8, 4) is 0 Å². The highest BCUT2D eigenvalue weighted by Crippen LogP contribution is 1.74. The van der Waals surface area contributed by atoms with Crippen LogP contribution >= 0.6 is 0 Å². The lowest BCUT2D eigenvalue weighted by Crippen LogP contribution is -1.80. The van der Waals surface area contributed by atoms with Gasteiger partial charge in [-0.25, -0.2) is 0 Å². The van der Waals surface area contributed by atoms with E-state index in [4.69, 9.17) is 0 Å². The maximum atomic E-state index is 10.2. The van der Waals surface area contributed by atoms with Gasteiger partial charge in [0.1, 0.15) is 0 Å². The third kappa shape index (κ3) is 2.97. The van der Waals surface area contributed by atoms with Crippen molar-refractivity contribution < 1.29 is 4.79 Å². The van der Waals surface area contributed by atoms with Crippen molar-refractivity contribution in [2.45, 2.75) is 6.92 Å². The summed E-state index contributed by atoms with van der Waals surface area (Å²) in [4.78, 5) is 10.2. The lowest BCUT2D eigenvalue weighted by molar-refractivity contribution is -0.110. The fourth-order valence-electron chi connectivity index (χ4n) is 0.232. The third-order valence-electron chi connectivity index (χ3n) is 0.532. The van der Waals surface area contributed by atoms with Crippen LogP contribution in [0.5, 0.6) is 0 Å². The molecule has 0 fully saturated rings. The summed E-state index contributed by atoms with van der Waals surface area (Å²) in [7, 11) is 0. The van der Waals surface area contributed by atoms with Gasteiger partial charge < -0.3 is 0 Å². The van der Waals surface area contributed by atoms with E-state index in [1.807, 2.05) is 0 Å². The largest absolute Gasteiger partial charge is 0.290 e. The fraction of sp³-hybridized carbons (Fsp3) is 0.167. The van der Waals surface area contributed by atoms with Crippen molar-refractivity contribution in [1.82, 2.24) is 0 Å². The molecular weight excluding hydrogens is 88.1 g/mol. The first-order valence-corrected chi connectivity index (χ1v) is 2.10. The minimum Gasteiger partial charge on any atom is -0.290 e. The lowest BCUT2D eigenvalue weighted by atomic mass is 10.3. The molecule has 0 heterocycles. The van der Waals surface area contributed by atoms with Crippen LogP contribution in [-0.2, 0) is 4.79 Å². The molecule has 1 nitrogen and oxygen atoms in total. The molecule has 7 heavy (non-hydrogen) atoms. The Hall–Kier alpha value is -0.850. The number of carbonyl (C=O) groups excluding carboxylic acids is 1. The highest BCUT2D eigenvalue weighted by atomic mass is 16.1. The molecule has 0 atom stereocenters. The zero-order chi connectivity index (χ0) is 5.70. The number of ketones is 1. The zero-order valence-corrected chi connectivity index (χ0v) is 4.35. The van der Waals surface area contributed by atoms with E-state index in [0.717, 1.165) is 0 Å². The topological polar surface area (TPSA) is 17.1 Å². The van der Waals surface area contributed by atoms with E-state index >= 15 is 0 Å². The molecule has 0 rings (SSSR count). The van der Waals surface area contributed by atoms with E-state index < -0.39 is 0 Å². The van der Waals surface area contributed by atoms with Gasteiger partial charge in [-0.3, -0.25) is 4.79 Å². The molecule has 0 bridgehead atoms. The van der Waals surface area contributed by atoms with Crippen LogP contribution in [0, 0.1) is 0 Å². The summed E-state index contributed by atoms with van der Waals surface area (Å²) in [6, 6.07) is 0. The standard InChI is InChI=1S/C6H8O/c1-3-5-6(7)4-2/h3-5H,2H2,1H3/b5-3-. The quantitative estimate of drug-likeness (QED) is 0.474. The predicted octanol–water partition coefficient (Wildman–Crippen LogP) is 1.32. The second kappa shape index (κ2) is 3.34. The molecule has 0 aromatic rings. The maximum Gasteiger partial charge on any atom is 0.177 e. The molecule has 1 heteroatoms. The fourth-order valence-corrected chi connectivity index (χ4v) is 0.232. The molecule has 0 aromatic carbocycles. The van der Waals surface area contributed by atoms with E-state index in [1.165, 1.54) is 12.2 Å². The molecule has 0 saturated carbocycles.